The van der Waals surface area contributed by atoms with Crippen LogP contribution in [0.2, 0.25) is 0 Å². The van der Waals surface area contributed by atoms with Crippen LogP contribution in [0.4, 0.5) is 5.69 Å². The molecule has 0 fully saturated rings. The van der Waals surface area contributed by atoms with Crippen molar-refractivity contribution in [3.8, 4) is 5.75 Å². The average Bonchev–Trinajstić information content (AvgIpc) is 2.30. The summed E-state index contributed by atoms with van der Waals surface area (Å²) in [6, 6.07) is 3.29. The zero-order valence-electron chi connectivity index (χ0n) is 8.95. The second kappa shape index (κ2) is 5.59. The highest BCUT2D eigenvalue weighted by Crippen LogP contribution is 2.18. The maximum Gasteiger partial charge on any atom is 0.327 e. The van der Waals surface area contributed by atoms with Crippen molar-refractivity contribution >= 4 is 17.9 Å². The van der Waals surface area contributed by atoms with Gasteiger partial charge in [0, 0.05) is 18.3 Å². The second-order valence-corrected chi connectivity index (χ2v) is 3.03. The zero-order valence-corrected chi connectivity index (χ0v) is 8.95. The summed E-state index contributed by atoms with van der Waals surface area (Å²) in [5, 5.41) is 21.8. The minimum Gasteiger partial charge on any atom is -0.872 e. The Morgan fingerprint density at radius 2 is 2.29 bits per heavy atom. The number of rotatable bonds is 4. The highest BCUT2D eigenvalue weighted by molar-refractivity contribution is 5.86. The first kappa shape index (κ1) is 12.6. The number of benzene rings is 1. The second-order valence-electron chi connectivity index (χ2n) is 3.03. The molecule has 0 bridgehead atoms. The molecule has 1 aromatic carbocycles. The number of non-ortho nitro benzene ring substituents is 1. The molecule has 0 aliphatic carbocycles. The van der Waals surface area contributed by atoms with Gasteiger partial charge in [-0.1, -0.05) is 11.8 Å². The molecule has 0 aliphatic heterocycles. The fourth-order valence-electron chi connectivity index (χ4n) is 1.03. The molecule has 1 aromatic rings. The van der Waals surface area contributed by atoms with Crippen LogP contribution in [-0.4, -0.2) is 30.8 Å². The van der Waals surface area contributed by atoms with Gasteiger partial charge in [-0.15, -0.1) is 0 Å². The number of aliphatic imine (C=N–C) groups is 1. The van der Waals surface area contributed by atoms with Crippen LogP contribution in [0.15, 0.2) is 23.2 Å². The van der Waals surface area contributed by atoms with Gasteiger partial charge in [-0.2, -0.15) is 0 Å². The Morgan fingerprint density at radius 1 is 1.59 bits per heavy atom. The largest absolute Gasteiger partial charge is 0.872 e. The molecule has 0 unspecified atom stereocenters. The monoisotopic (exact) mass is 237 g/mol. The van der Waals surface area contributed by atoms with E-state index in [2.05, 4.69) is 9.73 Å². The summed E-state index contributed by atoms with van der Waals surface area (Å²) in [4.78, 5) is 24.3. The Kier molecular flexibility index (Phi) is 4.15. The van der Waals surface area contributed by atoms with Crippen molar-refractivity contribution in [2.45, 2.75) is 0 Å². The first-order valence-electron chi connectivity index (χ1n) is 4.56. The van der Waals surface area contributed by atoms with Gasteiger partial charge >= 0.3 is 5.97 Å². The van der Waals surface area contributed by atoms with Crippen molar-refractivity contribution < 1.29 is 19.6 Å². The molecule has 17 heavy (non-hydrogen) atoms. The summed E-state index contributed by atoms with van der Waals surface area (Å²) in [6.45, 7) is -0.237. The SMILES string of the molecule is COC(=O)CN=Cc1cc([N+](=O)[O-])ccc1[O-]. The van der Waals surface area contributed by atoms with E-state index in [1.807, 2.05) is 0 Å². The van der Waals surface area contributed by atoms with E-state index in [1.54, 1.807) is 0 Å². The quantitative estimate of drug-likeness (QED) is 0.323. The normalized spacial score (nSPS) is 10.4. The number of hydrogen-bond acceptors (Lipinski definition) is 6. The van der Waals surface area contributed by atoms with E-state index >= 15 is 0 Å². The number of carbonyl (C=O) groups is 1. The van der Waals surface area contributed by atoms with Gasteiger partial charge in [-0.3, -0.25) is 19.9 Å². The number of nitro groups is 1. The number of carbonyl (C=O) groups excluding carboxylic acids is 1. The van der Waals surface area contributed by atoms with Gasteiger partial charge in [0.1, 0.15) is 6.54 Å². The lowest BCUT2D eigenvalue weighted by molar-refractivity contribution is -0.385. The third-order valence-corrected chi connectivity index (χ3v) is 1.88. The van der Waals surface area contributed by atoms with Gasteiger partial charge in [0.2, 0.25) is 0 Å². The number of nitrogens with zero attached hydrogens (tertiary/aromatic N) is 2. The summed E-state index contributed by atoms with van der Waals surface area (Å²) < 4.78 is 4.34. The lowest BCUT2D eigenvalue weighted by Crippen LogP contribution is -2.05. The Bertz CT molecular complexity index is 470. The summed E-state index contributed by atoms with van der Waals surface area (Å²) in [5.41, 5.74) is -0.146. The minimum absolute atomic E-state index is 0.0584. The van der Waals surface area contributed by atoms with E-state index in [9.17, 15) is 20.0 Å². The van der Waals surface area contributed by atoms with Crippen molar-refractivity contribution in [3.05, 3.63) is 33.9 Å². The smallest absolute Gasteiger partial charge is 0.327 e. The van der Waals surface area contributed by atoms with Crippen LogP contribution >= 0.6 is 0 Å². The van der Waals surface area contributed by atoms with Crippen molar-refractivity contribution in [1.82, 2.24) is 0 Å². The maximum absolute atomic E-state index is 11.3. The van der Waals surface area contributed by atoms with Gasteiger partial charge in [-0.05, 0) is 5.56 Å². The molecule has 1 rings (SSSR count). The molecule has 0 heterocycles. The van der Waals surface area contributed by atoms with Crippen molar-refractivity contribution in [1.29, 1.82) is 0 Å². The lowest BCUT2D eigenvalue weighted by atomic mass is 10.2. The maximum atomic E-state index is 11.3. The third kappa shape index (κ3) is 3.56. The predicted molar refractivity (Wildman–Crippen MR) is 57.0 cm³/mol. The standard InChI is InChI=1S/C10H10N2O5/c1-17-10(14)6-11-5-7-4-8(12(15)16)2-3-9(7)13/h2-5,13H,6H2,1H3/p-1. The summed E-state index contributed by atoms with van der Waals surface area (Å²) in [7, 11) is 1.21. The molecule has 0 amide bonds. The zero-order chi connectivity index (χ0) is 12.8. The molecule has 90 valence electrons. The van der Waals surface area contributed by atoms with Crippen LogP contribution in [-0.2, 0) is 9.53 Å². The molecule has 0 aromatic heterocycles. The number of esters is 1. The lowest BCUT2D eigenvalue weighted by Gasteiger charge is -2.08. The van der Waals surface area contributed by atoms with E-state index in [0.717, 1.165) is 24.4 Å². The molecule has 0 radical (unpaired) electrons. The third-order valence-electron chi connectivity index (χ3n) is 1.88. The van der Waals surface area contributed by atoms with Crippen LogP contribution < -0.4 is 5.11 Å². The van der Waals surface area contributed by atoms with Gasteiger partial charge in [-0.25, -0.2) is 0 Å². The minimum atomic E-state index is -0.614. The fourth-order valence-corrected chi connectivity index (χ4v) is 1.03. The van der Waals surface area contributed by atoms with Crippen molar-refractivity contribution in [2.24, 2.45) is 4.99 Å². The average molecular weight is 237 g/mol. The van der Waals surface area contributed by atoms with Crippen LogP contribution in [0.1, 0.15) is 5.56 Å². The molecule has 0 spiro atoms. The Hall–Kier alpha value is -2.44. The topological polar surface area (TPSA) is 105 Å². The molecule has 0 saturated heterocycles. The van der Waals surface area contributed by atoms with E-state index in [1.165, 1.54) is 7.11 Å². The van der Waals surface area contributed by atoms with Gasteiger partial charge in [0.15, 0.2) is 0 Å². The number of nitro benzene ring substituents is 1. The molecule has 0 N–H and O–H groups in total. The number of methoxy groups -OCH3 is 1. The van der Waals surface area contributed by atoms with Crippen molar-refractivity contribution in [3.63, 3.8) is 0 Å². The van der Waals surface area contributed by atoms with Gasteiger partial charge < -0.3 is 9.84 Å². The molecule has 7 nitrogen and oxygen atoms in total. The first-order valence-corrected chi connectivity index (χ1v) is 4.56. The van der Waals surface area contributed by atoms with E-state index in [4.69, 9.17) is 0 Å². The van der Waals surface area contributed by atoms with Crippen LogP contribution in [0, 0.1) is 10.1 Å². The first-order chi connectivity index (χ1) is 8.04. The molecule has 0 atom stereocenters. The molecule has 7 heteroatoms. The van der Waals surface area contributed by atoms with Crippen LogP contribution in [0.5, 0.6) is 5.75 Å². The summed E-state index contributed by atoms with van der Waals surface area (Å²) in [5.74, 6) is -0.955. The molecular weight excluding hydrogens is 228 g/mol. The van der Waals surface area contributed by atoms with Crippen LogP contribution in [0.3, 0.4) is 0 Å². The van der Waals surface area contributed by atoms with E-state index in [0.29, 0.717) is 0 Å². The van der Waals surface area contributed by atoms with Gasteiger partial charge in [0.25, 0.3) is 5.69 Å². The Balaban J connectivity index is 2.86. The number of ether oxygens (including phenoxy) is 1. The molecule has 0 aliphatic rings. The summed E-state index contributed by atoms with van der Waals surface area (Å²) >= 11 is 0. The fraction of sp³-hybridized carbons (Fsp3) is 0.200. The summed E-state index contributed by atoms with van der Waals surface area (Å²) in [6.07, 6.45) is 1.12. The molecular formula is C10H9N2O5-. The van der Waals surface area contributed by atoms with Crippen LogP contribution in [0.25, 0.3) is 0 Å². The molecule has 0 saturated carbocycles. The number of hydrogen-bond donors (Lipinski definition) is 0. The Labute approximate surface area is 96.5 Å². The predicted octanol–water partition coefficient (Wildman–Crippen LogP) is 0.260. The van der Waals surface area contributed by atoms with Crippen molar-refractivity contribution in [2.75, 3.05) is 13.7 Å². The highest BCUT2D eigenvalue weighted by Gasteiger charge is 2.05. The Morgan fingerprint density at radius 3 is 2.88 bits per heavy atom. The highest BCUT2D eigenvalue weighted by atomic mass is 16.6. The van der Waals surface area contributed by atoms with E-state index < -0.39 is 16.6 Å². The van der Waals surface area contributed by atoms with E-state index in [-0.39, 0.29) is 17.8 Å². The van der Waals surface area contributed by atoms with Gasteiger partial charge in [0.05, 0.1) is 12.0 Å².